The lowest BCUT2D eigenvalue weighted by molar-refractivity contribution is 0.188. The highest BCUT2D eigenvalue weighted by atomic mass is 32.2. The molecule has 1 aliphatic rings. The summed E-state index contributed by atoms with van der Waals surface area (Å²) in [4.78, 5) is 14.3. The Morgan fingerprint density at radius 3 is 2.75 bits per heavy atom. The molecule has 1 saturated heterocycles. The van der Waals surface area contributed by atoms with Crippen LogP contribution in [0.4, 0.5) is 4.79 Å². The Bertz CT molecular complexity index is 355. The summed E-state index contributed by atoms with van der Waals surface area (Å²) in [5.74, 6) is 0. The Kier molecular flexibility index (Phi) is 3.72. The van der Waals surface area contributed by atoms with Crippen LogP contribution in [-0.2, 0) is 0 Å². The molecule has 0 saturated carbocycles. The number of hydrogen-bond acceptors (Lipinski definition) is 2. The van der Waals surface area contributed by atoms with E-state index in [0.717, 1.165) is 19.4 Å². The van der Waals surface area contributed by atoms with Crippen LogP contribution in [0.25, 0.3) is 0 Å². The van der Waals surface area contributed by atoms with Crippen LogP contribution in [0.15, 0.2) is 35.2 Å². The molecule has 1 atom stereocenters. The SMILES string of the molecule is NC(=O)N1CCCCC1Sc1ccccc1. The van der Waals surface area contributed by atoms with Gasteiger partial charge in [-0.3, -0.25) is 0 Å². The third-order valence-electron chi connectivity index (χ3n) is 2.75. The summed E-state index contributed by atoms with van der Waals surface area (Å²) in [6.07, 6.45) is 3.27. The first-order valence-electron chi connectivity index (χ1n) is 5.55. The number of piperidine rings is 1. The number of benzene rings is 1. The lowest BCUT2D eigenvalue weighted by Crippen LogP contribution is -2.44. The van der Waals surface area contributed by atoms with E-state index in [-0.39, 0.29) is 11.4 Å². The van der Waals surface area contributed by atoms with Crippen LogP contribution in [0, 0.1) is 0 Å². The molecule has 1 aromatic carbocycles. The molecule has 2 N–H and O–H groups in total. The number of nitrogens with zero attached hydrogens (tertiary/aromatic N) is 1. The minimum atomic E-state index is -0.298. The summed E-state index contributed by atoms with van der Waals surface area (Å²) in [6.45, 7) is 0.792. The number of primary amides is 1. The van der Waals surface area contributed by atoms with Crippen LogP contribution < -0.4 is 5.73 Å². The fourth-order valence-corrected chi connectivity index (χ4v) is 3.18. The Balaban J connectivity index is 2.04. The summed E-state index contributed by atoms with van der Waals surface area (Å²) in [5.41, 5.74) is 5.38. The van der Waals surface area contributed by atoms with E-state index in [0.29, 0.717) is 0 Å². The minimum Gasteiger partial charge on any atom is -0.351 e. The number of rotatable bonds is 2. The lowest BCUT2D eigenvalue weighted by Gasteiger charge is -2.33. The molecule has 2 rings (SSSR count). The normalized spacial score (nSPS) is 20.8. The zero-order valence-corrected chi connectivity index (χ0v) is 9.95. The summed E-state index contributed by atoms with van der Waals surface area (Å²) in [5, 5.41) is 0.202. The zero-order chi connectivity index (χ0) is 11.4. The zero-order valence-electron chi connectivity index (χ0n) is 9.13. The van der Waals surface area contributed by atoms with Crippen LogP contribution in [-0.4, -0.2) is 22.8 Å². The lowest BCUT2D eigenvalue weighted by atomic mass is 10.1. The number of carbonyl (C=O) groups is 1. The average Bonchev–Trinajstić information content (AvgIpc) is 2.31. The number of thioether (sulfide) groups is 1. The van der Waals surface area contributed by atoms with Crippen LogP contribution >= 0.6 is 11.8 Å². The molecular formula is C12H16N2OS. The van der Waals surface area contributed by atoms with Gasteiger partial charge in [0, 0.05) is 11.4 Å². The number of likely N-dealkylation sites (tertiary alicyclic amines) is 1. The standard InChI is InChI=1S/C12H16N2OS/c13-12(15)14-9-5-4-8-11(14)16-10-6-2-1-3-7-10/h1-3,6-7,11H,4-5,8-9H2,(H2,13,15). The van der Waals surface area contributed by atoms with Gasteiger partial charge in [0.1, 0.15) is 0 Å². The predicted octanol–water partition coefficient (Wildman–Crippen LogP) is 2.67. The third-order valence-corrected chi connectivity index (χ3v) is 4.05. The molecular weight excluding hydrogens is 220 g/mol. The van der Waals surface area contributed by atoms with Gasteiger partial charge in [0.2, 0.25) is 0 Å². The minimum absolute atomic E-state index is 0.202. The first-order chi connectivity index (χ1) is 7.77. The topological polar surface area (TPSA) is 46.3 Å². The highest BCUT2D eigenvalue weighted by Crippen LogP contribution is 2.31. The van der Waals surface area contributed by atoms with Gasteiger partial charge in [-0.05, 0) is 31.4 Å². The Morgan fingerprint density at radius 1 is 1.31 bits per heavy atom. The Morgan fingerprint density at radius 2 is 2.06 bits per heavy atom. The van der Waals surface area contributed by atoms with Crippen molar-refractivity contribution in [3.63, 3.8) is 0 Å². The maximum absolute atomic E-state index is 11.3. The molecule has 1 aliphatic heterocycles. The van der Waals surface area contributed by atoms with E-state index in [1.165, 1.54) is 11.3 Å². The average molecular weight is 236 g/mol. The summed E-state index contributed by atoms with van der Waals surface area (Å²) >= 11 is 1.73. The molecule has 0 aliphatic carbocycles. The van der Waals surface area contributed by atoms with Gasteiger partial charge >= 0.3 is 6.03 Å². The molecule has 2 amide bonds. The molecule has 0 radical (unpaired) electrons. The van der Waals surface area contributed by atoms with E-state index in [1.807, 2.05) is 18.2 Å². The van der Waals surface area contributed by atoms with E-state index >= 15 is 0 Å². The number of nitrogens with two attached hydrogens (primary N) is 1. The monoisotopic (exact) mass is 236 g/mol. The number of amides is 2. The number of carbonyl (C=O) groups excluding carboxylic acids is 1. The Labute approximate surface area is 100.0 Å². The van der Waals surface area contributed by atoms with Crippen molar-refractivity contribution in [2.75, 3.05) is 6.54 Å². The molecule has 1 aromatic rings. The number of urea groups is 1. The van der Waals surface area contributed by atoms with E-state index in [1.54, 1.807) is 16.7 Å². The third kappa shape index (κ3) is 2.70. The molecule has 1 unspecified atom stereocenters. The number of hydrogen-bond donors (Lipinski definition) is 1. The first-order valence-corrected chi connectivity index (χ1v) is 6.43. The molecule has 0 spiro atoms. The molecule has 0 aromatic heterocycles. The predicted molar refractivity (Wildman–Crippen MR) is 66.2 cm³/mol. The van der Waals surface area contributed by atoms with Gasteiger partial charge in [-0.1, -0.05) is 18.2 Å². The molecule has 3 nitrogen and oxygen atoms in total. The molecule has 0 bridgehead atoms. The second-order valence-corrected chi connectivity index (χ2v) is 5.16. The highest BCUT2D eigenvalue weighted by Gasteiger charge is 2.25. The Hall–Kier alpha value is -1.16. The van der Waals surface area contributed by atoms with Gasteiger partial charge < -0.3 is 10.6 Å². The highest BCUT2D eigenvalue weighted by molar-refractivity contribution is 7.99. The van der Waals surface area contributed by atoms with Crippen molar-refractivity contribution in [3.05, 3.63) is 30.3 Å². The van der Waals surface area contributed by atoms with Crippen molar-refractivity contribution < 1.29 is 4.79 Å². The summed E-state index contributed by atoms with van der Waals surface area (Å²) in [6, 6.07) is 9.86. The van der Waals surface area contributed by atoms with E-state index in [2.05, 4.69) is 12.1 Å². The summed E-state index contributed by atoms with van der Waals surface area (Å²) in [7, 11) is 0. The van der Waals surface area contributed by atoms with Crippen molar-refractivity contribution in [1.82, 2.24) is 4.90 Å². The van der Waals surface area contributed by atoms with Gasteiger partial charge in [0.15, 0.2) is 0 Å². The molecule has 86 valence electrons. The summed E-state index contributed by atoms with van der Waals surface area (Å²) < 4.78 is 0. The van der Waals surface area contributed by atoms with E-state index in [9.17, 15) is 4.79 Å². The van der Waals surface area contributed by atoms with E-state index < -0.39 is 0 Å². The second kappa shape index (κ2) is 5.25. The van der Waals surface area contributed by atoms with Gasteiger partial charge in [-0.2, -0.15) is 0 Å². The van der Waals surface area contributed by atoms with Crippen molar-refractivity contribution in [2.45, 2.75) is 29.5 Å². The van der Waals surface area contributed by atoms with Crippen molar-refractivity contribution in [1.29, 1.82) is 0 Å². The van der Waals surface area contributed by atoms with Crippen molar-refractivity contribution in [2.24, 2.45) is 5.73 Å². The molecule has 4 heteroatoms. The quantitative estimate of drug-likeness (QED) is 0.858. The van der Waals surface area contributed by atoms with Gasteiger partial charge in [0.05, 0.1) is 5.37 Å². The smallest absolute Gasteiger partial charge is 0.315 e. The maximum Gasteiger partial charge on any atom is 0.315 e. The van der Waals surface area contributed by atoms with Gasteiger partial charge in [-0.25, -0.2) is 4.79 Å². The first kappa shape index (κ1) is 11.3. The second-order valence-electron chi connectivity index (χ2n) is 3.91. The van der Waals surface area contributed by atoms with E-state index in [4.69, 9.17) is 5.73 Å². The largest absolute Gasteiger partial charge is 0.351 e. The van der Waals surface area contributed by atoms with Crippen LogP contribution in [0.3, 0.4) is 0 Å². The molecule has 1 heterocycles. The van der Waals surface area contributed by atoms with Crippen molar-refractivity contribution >= 4 is 17.8 Å². The van der Waals surface area contributed by atoms with Gasteiger partial charge in [-0.15, -0.1) is 11.8 Å². The fraction of sp³-hybridized carbons (Fsp3) is 0.417. The van der Waals surface area contributed by atoms with Crippen LogP contribution in [0.1, 0.15) is 19.3 Å². The fourth-order valence-electron chi connectivity index (χ4n) is 1.93. The maximum atomic E-state index is 11.3. The van der Waals surface area contributed by atoms with Crippen LogP contribution in [0.5, 0.6) is 0 Å². The molecule has 1 fully saturated rings. The molecule has 16 heavy (non-hydrogen) atoms. The van der Waals surface area contributed by atoms with Crippen LogP contribution in [0.2, 0.25) is 0 Å². The van der Waals surface area contributed by atoms with Crippen molar-refractivity contribution in [3.8, 4) is 0 Å². The van der Waals surface area contributed by atoms with Gasteiger partial charge in [0.25, 0.3) is 0 Å².